The fourth-order valence-corrected chi connectivity index (χ4v) is 5.66. The van der Waals surface area contributed by atoms with E-state index in [1.165, 1.54) is 13.2 Å². The van der Waals surface area contributed by atoms with Crippen LogP contribution < -0.4 is 30.5 Å². The second kappa shape index (κ2) is 17.0. The molecule has 0 aliphatic rings. The molecule has 0 aliphatic carbocycles. The highest BCUT2D eigenvalue weighted by atomic mass is 19.1. The molecule has 1 amide bonds. The maximum Gasteiger partial charge on any atom is 0.300 e. The number of carbonyl (C=O) groups excluding carboxylic acids is 1. The van der Waals surface area contributed by atoms with Crippen LogP contribution in [0.1, 0.15) is 44.6 Å². The predicted molar refractivity (Wildman–Crippen MR) is 199 cm³/mol. The Balaban J connectivity index is 1.45. The highest BCUT2D eigenvalue weighted by Gasteiger charge is 2.25. The Kier molecular flexibility index (Phi) is 11.6. The Morgan fingerprint density at radius 2 is 1.58 bits per heavy atom. The van der Waals surface area contributed by atoms with Crippen molar-refractivity contribution in [2.75, 3.05) is 19.5 Å². The van der Waals surface area contributed by atoms with Gasteiger partial charge in [0.25, 0.3) is 11.5 Å². The van der Waals surface area contributed by atoms with Gasteiger partial charge in [-0.2, -0.15) is 0 Å². The number of nitrogens with zero attached hydrogens (tertiary/aromatic N) is 2. The molecule has 0 bridgehead atoms. The second-order valence-electron chi connectivity index (χ2n) is 11.9. The van der Waals surface area contributed by atoms with Crippen molar-refractivity contribution < 1.29 is 27.9 Å². The van der Waals surface area contributed by atoms with Crippen molar-refractivity contribution >= 4 is 22.6 Å². The van der Waals surface area contributed by atoms with E-state index in [9.17, 15) is 18.4 Å². The SMILES string of the molecule is COc1ccc(CNc2c(C(=O)NCc3ccc(F)cc3F)c(=O)n(OCc3ccccc3)c3ncc(C#CCCc4ccccc4)cc23)c(OC)c1. The van der Waals surface area contributed by atoms with E-state index in [2.05, 4.69) is 27.5 Å². The molecule has 6 aromatic rings. The van der Waals surface area contributed by atoms with Crippen LogP contribution in [0.2, 0.25) is 0 Å². The van der Waals surface area contributed by atoms with E-state index in [4.69, 9.17) is 14.3 Å². The zero-order chi connectivity index (χ0) is 37.2. The van der Waals surface area contributed by atoms with E-state index in [1.54, 1.807) is 37.6 Å². The van der Waals surface area contributed by atoms with Crippen molar-refractivity contribution in [1.29, 1.82) is 0 Å². The van der Waals surface area contributed by atoms with Crippen molar-refractivity contribution in [1.82, 2.24) is 15.0 Å². The molecule has 6 rings (SSSR count). The van der Waals surface area contributed by atoms with Crippen molar-refractivity contribution in [2.45, 2.75) is 32.5 Å². The minimum atomic E-state index is -0.836. The lowest BCUT2D eigenvalue weighted by Gasteiger charge is -2.19. The summed E-state index contributed by atoms with van der Waals surface area (Å²) in [6.45, 7) is -0.198. The van der Waals surface area contributed by atoms with Crippen LogP contribution in [0.3, 0.4) is 0 Å². The van der Waals surface area contributed by atoms with Crippen LogP contribution >= 0.6 is 0 Å². The van der Waals surface area contributed by atoms with Crippen molar-refractivity contribution in [2.24, 2.45) is 0 Å². The summed E-state index contributed by atoms with van der Waals surface area (Å²) in [5.41, 5.74) is 2.41. The quantitative estimate of drug-likeness (QED) is 0.126. The Bertz CT molecular complexity index is 2360. The lowest BCUT2D eigenvalue weighted by atomic mass is 10.1. The number of aromatic nitrogens is 2. The first-order chi connectivity index (χ1) is 25.8. The normalized spacial score (nSPS) is 10.6. The first-order valence-electron chi connectivity index (χ1n) is 16.8. The minimum absolute atomic E-state index is 0.00373. The minimum Gasteiger partial charge on any atom is -0.497 e. The molecular weight excluding hydrogens is 678 g/mol. The van der Waals surface area contributed by atoms with Crippen LogP contribution in [0.25, 0.3) is 11.0 Å². The number of benzene rings is 4. The monoisotopic (exact) mass is 714 g/mol. The molecule has 0 unspecified atom stereocenters. The summed E-state index contributed by atoms with van der Waals surface area (Å²) in [6, 6.07) is 29.3. The number of anilines is 1. The zero-order valence-electron chi connectivity index (χ0n) is 29.1. The summed E-state index contributed by atoms with van der Waals surface area (Å²) in [5, 5.41) is 6.28. The summed E-state index contributed by atoms with van der Waals surface area (Å²) < 4.78 is 40.1. The average Bonchev–Trinajstić information content (AvgIpc) is 3.18. The molecule has 0 saturated carbocycles. The molecule has 9 nitrogen and oxygen atoms in total. The van der Waals surface area contributed by atoms with E-state index < -0.39 is 23.1 Å². The lowest BCUT2D eigenvalue weighted by molar-refractivity contribution is 0.0898. The Morgan fingerprint density at radius 3 is 2.30 bits per heavy atom. The highest BCUT2D eigenvalue weighted by molar-refractivity contribution is 6.06. The molecule has 2 N–H and O–H groups in total. The van der Waals surface area contributed by atoms with Gasteiger partial charge in [0.05, 0.1) is 19.9 Å². The largest absolute Gasteiger partial charge is 0.497 e. The summed E-state index contributed by atoms with van der Waals surface area (Å²) in [5.74, 6) is 5.05. The topological polar surface area (TPSA) is 104 Å². The van der Waals surface area contributed by atoms with Crippen LogP contribution in [0.5, 0.6) is 11.5 Å². The summed E-state index contributed by atoms with van der Waals surface area (Å²) >= 11 is 0. The van der Waals surface area contributed by atoms with Crippen LogP contribution in [0.4, 0.5) is 14.5 Å². The zero-order valence-corrected chi connectivity index (χ0v) is 29.1. The molecule has 0 saturated heterocycles. The fraction of sp³-hybridized carbons (Fsp3) is 0.167. The van der Waals surface area contributed by atoms with Crippen LogP contribution in [-0.2, 0) is 26.1 Å². The van der Waals surface area contributed by atoms with Crippen molar-refractivity contribution in [3.8, 4) is 23.3 Å². The molecule has 11 heteroatoms. The van der Waals surface area contributed by atoms with Gasteiger partial charge in [-0.05, 0) is 41.8 Å². The lowest BCUT2D eigenvalue weighted by Crippen LogP contribution is -2.37. The van der Waals surface area contributed by atoms with Crippen LogP contribution in [-0.4, -0.2) is 29.8 Å². The summed E-state index contributed by atoms with van der Waals surface area (Å²) in [4.78, 5) is 39.1. The van der Waals surface area contributed by atoms with Gasteiger partial charge in [-0.1, -0.05) is 78.6 Å². The molecule has 4 aromatic carbocycles. The van der Waals surface area contributed by atoms with E-state index in [-0.39, 0.29) is 42.2 Å². The van der Waals surface area contributed by atoms with Gasteiger partial charge in [-0.25, -0.2) is 13.8 Å². The molecule has 0 atom stereocenters. The van der Waals surface area contributed by atoms with E-state index in [1.807, 2.05) is 60.7 Å². The smallest absolute Gasteiger partial charge is 0.300 e. The number of fused-ring (bicyclic) bond motifs is 1. The van der Waals surface area contributed by atoms with Gasteiger partial charge in [-0.3, -0.25) is 9.59 Å². The Morgan fingerprint density at radius 1 is 0.849 bits per heavy atom. The van der Waals surface area contributed by atoms with Gasteiger partial charge < -0.3 is 24.9 Å². The highest BCUT2D eigenvalue weighted by Crippen LogP contribution is 2.29. The third-order valence-corrected chi connectivity index (χ3v) is 8.43. The average molecular weight is 715 g/mol. The van der Waals surface area contributed by atoms with Crippen molar-refractivity contribution in [3.63, 3.8) is 0 Å². The number of hydrogen-bond acceptors (Lipinski definition) is 7. The van der Waals surface area contributed by atoms with Crippen LogP contribution in [0, 0.1) is 23.5 Å². The van der Waals surface area contributed by atoms with Gasteiger partial charge in [-0.15, -0.1) is 4.73 Å². The van der Waals surface area contributed by atoms with Crippen LogP contribution in [0.15, 0.2) is 114 Å². The number of ether oxygens (including phenoxy) is 2. The number of carbonyl (C=O) groups is 1. The Hall–Kier alpha value is -6.67. The summed E-state index contributed by atoms with van der Waals surface area (Å²) in [6.07, 6.45) is 2.90. The second-order valence-corrected chi connectivity index (χ2v) is 11.9. The first kappa shape index (κ1) is 36.1. The maximum absolute atomic E-state index is 14.6. The van der Waals surface area contributed by atoms with Gasteiger partial charge in [0.1, 0.15) is 35.3 Å². The number of halogens is 2. The molecule has 53 heavy (non-hydrogen) atoms. The van der Waals surface area contributed by atoms with Gasteiger partial charge in [0, 0.05) is 59.9 Å². The Labute approximate surface area is 305 Å². The molecule has 0 fully saturated rings. The molecule has 2 aromatic heterocycles. The fourth-order valence-electron chi connectivity index (χ4n) is 5.66. The molecule has 0 spiro atoms. The van der Waals surface area contributed by atoms with Gasteiger partial charge >= 0.3 is 0 Å². The van der Waals surface area contributed by atoms with E-state index in [0.29, 0.717) is 34.4 Å². The first-order valence-corrected chi connectivity index (χ1v) is 16.8. The number of methoxy groups -OCH3 is 2. The maximum atomic E-state index is 14.6. The molecule has 268 valence electrons. The third kappa shape index (κ3) is 8.80. The van der Waals surface area contributed by atoms with Gasteiger partial charge in [0.2, 0.25) is 0 Å². The third-order valence-electron chi connectivity index (χ3n) is 8.43. The standard InChI is InChI=1S/C42H36F2N4O5/c1-51-34-20-18-32(37(23-34)52-2)26-45-39-35-21-30(16-10-9-13-28-11-5-3-6-12-28)24-46-40(35)48(53-27-29-14-7-4-8-15-29)42(50)38(39)41(49)47-25-31-17-19-33(43)22-36(31)44/h3-8,11-12,14-15,17-24,45H,9,13,25-27H2,1-2H3,(H,47,49). The summed E-state index contributed by atoms with van der Waals surface area (Å²) in [7, 11) is 3.07. The molecular formula is C42H36F2N4O5. The number of hydrogen-bond donors (Lipinski definition) is 2. The van der Waals surface area contributed by atoms with E-state index in [0.717, 1.165) is 34.4 Å². The van der Waals surface area contributed by atoms with E-state index >= 15 is 0 Å². The van der Waals surface area contributed by atoms with Gasteiger partial charge in [0.15, 0.2) is 5.65 Å². The number of nitrogens with one attached hydrogen (secondary N) is 2. The predicted octanol–water partition coefficient (Wildman–Crippen LogP) is 6.85. The molecule has 2 heterocycles. The number of amides is 1. The number of aryl methyl sites for hydroxylation is 1. The number of rotatable bonds is 13. The molecule has 0 radical (unpaired) electrons. The van der Waals surface area contributed by atoms with Crippen molar-refractivity contribution in [3.05, 3.63) is 165 Å². The molecule has 0 aliphatic heterocycles. The number of pyridine rings is 2.